The maximum Gasteiger partial charge on any atom is 0.262 e. The van der Waals surface area contributed by atoms with Gasteiger partial charge < -0.3 is 19.2 Å². The minimum atomic E-state index is -1.00. The molecule has 284 valence electrons. The minimum absolute atomic E-state index is 0.0364. The van der Waals surface area contributed by atoms with Gasteiger partial charge in [0.05, 0.1) is 23.9 Å². The fourth-order valence-electron chi connectivity index (χ4n) is 7.34. The Balaban J connectivity index is 0.679. The van der Waals surface area contributed by atoms with Gasteiger partial charge in [-0.2, -0.15) is 0 Å². The second-order valence-electron chi connectivity index (χ2n) is 14.3. The van der Waals surface area contributed by atoms with E-state index in [1.165, 1.54) is 12.1 Å². The predicted octanol–water partition coefficient (Wildman–Crippen LogP) is 6.16. The van der Waals surface area contributed by atoms with Crippen molar-refractivity contribution in [1.29, 1.82) is 0 Å². The van der Waals surface area contributed by atoms with Crippen LogP contribution in [-0.4, -0.2) is 73.3 Å². The van der Waals surface area contributed by atoms with E-state index in [0.29, 0.717) is 36.1 Å². The van der Waals surface area contributed by atoms with Crippen LogP contribution in [0.25, 0.3) is 32.9 Å². The Morgan fingerprint density at radius 1 is 0.754 bits per heavy atom. The minimum Gasteiger partial charge on any atom is -0.494 e. The average molecular weight is 761 g/mol. The summed E-state index contributed by atoms with van der Waals surface area (Å²) in [6.45, 7) is 0.405. The smallest absolute Gasteiger partial charge is 0.262 e. The molecular weight excluding hydrogens is 725 g/mol. The summed E-state index contributed by atoms with van der Waals surface area (Å²) >= 11 is 0. The second kappa shape index (κ2) is 15.2. The zero-order valence-electron chi connectivity index (χ0n) is 30.7. The molecule has 1 saturated carbocycles. The molecule has 57 heavy (non-hydrogen) atoms. The van der Waals surface area contributed by atoms with Crippen molar-refractivity contribution in [3.63, 3.8) is 0 Å². The maximum atomic E-state index is 13.0. The number of aromatic nitrogens is 4. The van der Waals surface area contributed by atoms with Crippen molar-refractivity contribution in [3.05, 3.63) is 108 Å². The van der Waals surface area contributed by atoms with Gasteiger partial charge >= 0.3 is 0 Å². The number of unbranched alkanes of at least 4 members (excludes halogenated alkanes) is 2. The lowest BCUT2D eigenvalue weighted by atomic mass is 9.92. The van der Waals surface area contributed by atoms with Crippen molar-refractivity contribution in [2.45, 2.75) is 63.2 Å². The third-order valence-electron chi connectivity index (χ3n) is 10.4. The lowest BCUT2D eigenvalue weighted by molar-refractivity contribution is -0.136. The lowest BCUT2D eigenvalue weighted by Crippen LogP contribution is -2.54. The molecule has 2 aliphatic heterocycles. The van der Waals surface area contributed by atoms with Gasteiger partial charge in [0.2, 0.25) is 17.7 Å². The van der Waals surface area contributed by atoms with E-state index >= 15 is 0 Å². The van der Waals surface area contributed by atoms with Gasteiger partial charge in [0.15, 0.2) is 0 Å². The first-order valence-electron chi connectivity index (χ1n) is 18.9. The molecular formula is C44H36N6O7. The fraction of sp³-hybridized carbons (Fsp3) is 0.250. The zero-order valence-corrected chi connectivity index (χ0v) is 30.7. The largest absolute Gasteiger partial charge is 0.494 e. The Kier molecular flexibility index (Phi) is 9.51. The van der Waals surface area contributed by atoms with E-state index in [0.717, 1.165) is 63.5 Å². The number of hydrogen-bond acceptors (Lipinski definition) is 10. The molecule has 0 spiro atoms. The molecule has 4 aromatic heterocycles. The van der Waals surface area contributed by atoms with E-state index < -0.39 is 29.7 Å². The number of benzene rings is 2. The third kappa shape index (κ3) is 7.37. The lowest BCUT2D eigenvalue weighted by Gasteiger charge is -2.34. The number of pyridine rings is 3. The van der Waals surface area contributed by atoms with Crippen LogP contribution in [0.15, 0.2) is 91.5 Å². The molecule has 6 heterocycles. The van der Waals surface area contributed by atoms with Crippen LogP contribution in [0.5, 0.6) is 17.4 Å². The summed E-state index contributed by atoms with van der Waals surface area (Å²) in [4.78, 5) is 67.4. The van der Waals surface area contributed by atoms with Crippen molar-refractivity contribution in [2.75, 3.05) is 6.61 Å². The Morgan fingerprint density at radius 3 is 2.42 bits per heavy atom. The number of nitrogens with zero attached hydrogens (tertiary/aromatic N) is 4. The fourth-order valence-corrected chi connectivity index (χ4v) is 7.34. The highest BCUT2D eigenvalue weighted by Gasteiger charge is 2.44. The number of amides is 4. The summed E-state index contributed by atoms with van der Waals surface area (Å²) in [7, 11) is 0. The molecule has 2 N–H and O–H groups in total. The van der Waals surface area contributed by atoms with Gasteiger partial charge in [-0.3, -0.25) is 34.4 Å². The molecule has 1 aliphatic carbocycles. The van der Waals surface area contributed by atoms with Crippen molar-refractivity contribution in [2.24, 2.45) is 0 Å². The SMILES string of the molecule is O=C1CCC(N2C(=O)c3ccc(OCCCCC#Cc4ccc(OC5CC(Oc6ccc(-c7ccc8c(c7)[nH]c7ccncc78)cn6)C5)cn4)cc3C2=O)C(=O)N1. The van der Waals surface area contributed by atoms with E-state index in [-0.39, 0.29) is 36.2 Å². The summed E-state index contributed by atoms with van der Waals surface area (Å²) in [5, 5.41) is 4.45. The first-order chi connectivity index (χ1) is 27.9. The normalized spacial score (nSPS) is 18.8. The van der Waals surface area contributed by atoms with Gasteiger partial charge in [-0.05, 0) is 79.3 Å². The number of H-pyrrole nitrogens is 1. The Bertz CT molecular complexity index is 2600. The van der Waals surface area contributed by atoms with E-state index in [1.54, 1.807) is 18.5 Å². The third-order valence-corrected chi connectivity index (χ3v) is 10.4. The second-order valence-corrected chi connectivity index (χ2v) is 14.3. The Morgan fingerprint density at radius 2 is 1.60 bits per heavy atom. The highest BCUT2D eigenvalue weighted by Crippen LogP contribution is 2.33. The number of fused-ring (bicyclic) bond motifs is 4. The van der Waals surface area contributed by atoms with Crippen LogP contribution in [0, 0.1) is 11.8 Å². The molecule has 2 fully saturated rings. The quantitative estimate of drug-likeness (QED) is 0.0887. The molecule has 0 bridgehead atoms. The average Bonchev–Trinajstić information content (AvgIpc) is 3.70. The van der Waals surface area contributed by atoms with Crippen LogP contribution in [0.1, 0.15) is 71.4 Å². The first-order valence-corrected chi connectivity index (χ1v) is 18.9. The van der Waals surface area contributed by atoms with Crippen LogP contribution in [0.2, 0.25) is 0 Å². The van der Waals surface area contributed by atoms with Crippen molar-refractivity contribution in [3.8, 4) is 40.3 Å². The molecule has 0 radical (unpaired) electrons. The predicted molar refractivity (Wildman–Crippen MR) is 208 cm³/mol. The molecule has 1 unspecified atom stereocenters. The summed E-state index contributed by atoms with van der Waals surface area (Å²) in [6, 6.07) is 19.7. The summed E-state index contributed by atoms with van der Waals surface area (Å²) in [5.74, 6) is 5.81. The van der Waals surface area contributed by atoms with E-state index in [4.69, 9.17) is 14.2 Å². The van der Waals surface area contributed by atoms with Gasteiger partial charge in [-0.25, -0.2) is 9.97 Å². The molecule has 2 aromatic carbocycles. The van der Waals surface area contributed by atoms with Crippen LogP contribution in [0.4, 0.5) is 0 Å². The van der Waals surface area contributed by atoms with Gasteiger partial charge in [0, 0.05) is 77.7 Å². The highest BCUT2D eigenvalue weighted by molar-refractivity contribution is 6.23. The number of nitrogens with one attached hydrogen (secondary N) is 2. The molecule has 1 atom stereocenters. The number of aromatic amines is 1. The van der Waals surface area contributed by atoms with Crippen molar-refractivity contribution < 1.29 is 33.4 Å². The van der Waals surface area contributed by atoms with Gasteiger partial charge in [-0.1, -0.05) is 18.1 Å². The van der Waals surface area contributed by atoms with Gasteiger partial charge in [0.1, 0.15) is 35.4 Å². The number of ether oxygens (including phenoxy) is 3. The van der Waals surface area contributed by atoms with Crippen molar-refractivity contribution in [1.82, 2.24) is 30.2 Å². The van der Waals surface area contributed by atoms with Crippen LogP contribution in [-0.2, 0) is 9.59 Å². The van der Waals surface area contributed by atoms with Crippen LogP contribution >= 0.6 is 0 Å². The van der Waals surface area contributed by atoms with E-state index in [1.807, 2.05) is 42.7 Å². The topological polar surface area (TPSA) is 166 Å². The Labute approximate surface area is 326 Å². The molecule has 13 nitrogen and oxygen atoms in total. The maximum absolute atomic E-state index is 13.0. The van der Waals surface area contributed by atoms with Gasteiger partial charge in [0.25, 0.3) is 11.8 Å². The van der Waals surface area contributed by atoms with Gasteiger partial charge in [-0.15, -0.1) is 0 Å². The number of hydrogen-bond donors (Lipinski definition) is 2. The number of rotatable bonds is 11. The monoisotopic (exact) mass is 760 g/mol. The summed E-state index contributed by atoms with van der Waals surface area (Å²) in [6.07, 6.45) is 11.2. The number of carbonyl (C=O) groups excluding carboxylic acids is 4. The number of carbonyl (C=O) groups is 4. The Hall–Kier alpha value is -7.07. The summed E-state index contributed by atoms with van der Waals surface area (Å²) < 4.78 is 18.0. The molecule has 13 heteroatoms. The molecule has 1 saturated heterocycles. The molecule has 3 aliphatic rings. The van der Waals surface area contributed by atoms with Crippen LogP contribution < -0.4 is 19.5 Å². The van der Waals surface area contributed by atoms with E-state index in [9.17, 15) is 19.2 Å². The number of imide groups is 2. The van der Waals surface area contributed by atoms with E-state index in [2.05, 4.69) is 55.3 Å². The first kappa shape index (κ1) is 35.6. The molecule has 4 amide bonds. The molecule has 9 rings (SSSR count). The zero-order chi connectivity index (χ0) is 38.9. The summed E-state index contributed by atoms with van der Waals surface area (Å²) in [5.41, 5.74) is 5.28. The van der Waals surface area contributed by atoms with Crippen molar-refractivity contribution >= 4 is 45.4 Å². The molecule has 6 aromatic rings. The highest BCUT2D eigenvalue weighted by atomic mass is 16.5. The number of piperidine rings is 1. The standard InChI is InChI=1S/C44H36N6O7/c51-40-14-13-39(42(52)49-40)50-43(53)34-12-10-29(22-35(34)44(50)54)55-18-4-2-1-3-5-28-8-9-30(24-46-28)56-31-20-32(21-31)57-41-15-7-27(23-47-41)26-6-11-33-36-25-45-17-16-37(36)48-38(33)19-26/h6-12,15-17,19,22-25,31-32,39,48H,1-2,4,13-14,18,20-21H2,(H,49,51,52). The van der Waals surface area contributed by atoms with Crippen LogP contribution in [0.3, 0.4) is 0 Å².